The summed E-state index contributed by atoms with van der Waals surface area (Å²) in [5.74, 6) is 0. The minimum Gasteiger partial charge on any atom is -0.442 e. The first kappa shape index (κ1) is 14.3. The summed E-state index contributed by atoms with van der Waals surface area (Å²) in [6.45, 7) is 5.31. The number of benzene rings is 1. The van der Waals surface area contributed by atoms with Crippen LogP contribution in [0.4, 0.5) is 10.5 Å². The van der Waals surface area contributed by atoms with E-state index < -0.39 is 11.7 Å². The van der Waals surface area contributed by atoms with Crippen LogP contribution in [0.3, 0.4) is 0 Å². The molecule has 106 valence electrons. The largest absolute Gasteiger partial charge is 0.442 e. The molecule has 0 fully saturated rings. The van der Waals surface area contributed by atoms with E-state index in [4.69, 9.17) is 4.74 Å². The number of ether oxygens (including phenoxy) is 1. The zero-order chi connectivity index (χ0) is 14.8. The number of hydrazine groups is 1. The van der Waals surface area contributed by atoms with Gasteiger partial charge in [0, 0.05) is 4.70 Å². The van der Waals surface area contributed by atoms with Crippen molar-refractivity contribution in [2.75, 3.05) is 5.01 Å². The molecule has 6 heteroatoms. The summed E-state index contributed by atoms with van der Waals surface area (Å²) >= 11 is 1.57. The van der Waals surface area contributed by atoms with Gasteiger partial charge < -0.3 is 4.74 Å². The van der Waals surface area contributed by atoms with Gasteiger partial charge in [0.2, 0.25) is 6.41 Å². The normalized spacial score (nSPS) is 11.2. The van der Waals surface area contributed by atoms with Crippen LogP contribution >= 0.6 is 11.3 Å². The lowest BCUT2D eigenvalue weighted by Crippen LogP contribution is -2.45. The van der Waals surface area contributed by atoms with Gasteiger partial charge in [0.25, 0.3) is 0 Å². The van der Waals surface area contributed by atoms with Crippen molar-refractivity contribution in [1.29, 1.82) is 0 Å². The molecule has 0 bridgehead atoms. The zero-order valence-corrected chi connectivity index (χ0v) is 12.4. The Kier molecular flexibility index (Phi) is 3.94. The van der Waals surface area contributed by atoms with Crippen LogP contribution in [0.5, 0.6) is 0 Å². The van der Waals surface area contributed by atoms with Crippen LogP contribution < -0.4 is 10.4 Å². The second kappa shape index (κ2) is 5.50. The number of fused-ring (bicyclic) bond motifs is 1. The summed E-state index contributed by atoms with van der Waals surface area (Å²) in [6, 6.07) is 7.48. The number of hydrogen-bond donors (Lipinski definition) is 1. The fourth-order valence-electron chi connectivity index (χ4n) is 1.68. The van der Waals surface area contributed by atoms with Crippen molar-refractivity contribution in [2.45, 2.75) is 26.4 Å². The van der Waals surface area contributed by atoms with Crippen LogP contribution in [0, 0.1) is 0 Å². The number of hydrogen-bond acceptors (Lipinski definition) is 4. The molecule has 0 spiro atoms. The van der Waals surface area contributed by atoms with Gasteiger partial charge in [-0.1, -0.05) is 6.07 Å². The fraction of sp³-hybridized carbons (Fsp3) is 0.286. The summed E-state index contributed by atoms with van der Waals surface area (Å²) in [6.07, 6.45) is -0.178. The van der Waals surface area contributed by atoms with Gasteiger partial charge in [-0.05, 0) is 49.7 Å². The molecule has 2 rings (SSSR count). The first-order valence-corrected chi connectivity index (χ1v) is 6.99. The third kappa shape index (κ3) is 3.27. The van der Waals surface area contributed by atoms with Gasteiger partial charge in [0.1, 0.15) is 5.60 Å². The predicted octanol–water partition coefficient (Wildman–Crippen LogP) is 3.30. The third-order valence-corrected chi connectivity index (χ3v) is 3.34. The molecule has 0 unspecified atom stereocenters. The molecule has 0 saturated carbocycles. The van der Waals surface area contributed by atoms with Gasteiger partial charge in [0.15, 0.2) is 0 Å². The maximum atomic E-state index is 12.1. The molecule has 1 aromatic carbocycles. The van der Waals surface area contributed by atoms with Crippen LogP contribution in [0.1, 0.15) is 20.8 Å². The number of anilines is 1. The molecule has 1 aromatic heterocycles. The van der Waals surface area contributed by atoms with Crippen LogP contribution in [-0.2, 0) is 9.53 Å². The molecular formula is C14H16N2O3S. The van der Waals surface area contributed by atoms with Gasteiger partial charge in [-0.15, -0.1) is 11.3 Å². The standard InChI is InChI=1S/C14H16N2O3S/c1-14(2,3)19-13(18)16(15-9-17)11-5-4-10-6-7-20-12(10)8-11/h4-9H,1-3H3,(H,15,17). The summed E-state index contributed by atoms with van der Waals surface area (Å²) in [4.78, 5) is 22.8. The number of carbonyl (C=O) groups is 2. The van der Waals surface area contributed by atoms with E-state index in [1.165, 1.54) is 0 Å². The molecule has 0 aliphatic heterocycles. The van der Waals surface area contributed by atoms with Crippen molar-refractivity contribution in [1.82, 2.24) is 5.43 Å². The van der Waals surface area contributed by atoms with E-state index in [-0.39, 0.29) is 0 Å². The Morgan fingerprint density at radius 3 is 2.75 bits per heavy atom. The van der Waals surface area contributed by atoms with Gasteiger partial charge in [0.05, 0.1) is 5.69 Å². The second-order valence-electron chi connectivity index (χ2n) is 5.21. The molecule has 0 atom stereocenters. The first-order chi connectivity index (χ1) is 9.40. The van der Waals surface area contributed by atoms with E-state index in [0.29, 0.717) is 12.1 Å². The van der Waals surface area contributed by atoms with Gasteiger partial charge in [-0.3, -0.25) is 10.2 Å². The van der Waals surface area contributed by atoms with Gasteiger partial charge >= 0.3 is 6.09 Å². The molecule has 0 aliphatic rings. The first-order valence-electron chi connectivity index (χ1n) is 6.11. The summed E-state index contributed by atoms with van der Waals surface area (Å²) in [5, 5.41) is 4.16. The highest BCUT2D eigenvalue weighted by Gasteiger charge is 2.23. The number of rotatable bonds is 3. The zero-order valence-electron chi connectivity index (χ0n) is 11.5. The van der Waals surface area contributed by atoms with E-state index in [1.807, 2.05) is 23.6 Å². The Labute approximate surface area is 121 Å². The summed E-state index contributed by atoms with van der Waals surface area (Å²) in [5.41, 5.74) is 2.29. The van der Waals surface area contributed by atoms with Crippen molar-refractivity contribution in [2.24, 2.45) is 0 Å². The quantitative estimate of drug-likeness (QED) is 0.697. The molecule has 1 N–H and O–H groups in total. The second-order valence-corrected chi connectivity index (χ2v) is 6.15. The molecule has 0 saturated heterocycles. The molecule has 2 amide bonds. The van der Waals surface area contributed by atoms with E-state index in [9.17, 15) is 9.59 Å². The highest BCUT2D eigenvalue weighted by atomic mass is 32.1. The molecule has 0 radical (unpaired) electrons. The van der Waals surface area contributed by atoms with E-state index >= 15 is 0 Å². The lowest BCUT2D eigenvalue weighted by molar-refractivity contribution is -0.109. The fourth-order valence-corrected chi connectivity index (χ4v) is 2.50. The lowest BCUT2D eigenvalue weighted by atomic mass is 10.2. The van der Waals surface area contributed by atoms with Gasteiger partial charge in [-0.25, -0.2) is 4.79 Å². The van der Waals surface area contributed by atoms with Crippen LogP contribution in [0.25, 0.3) is 10.1 Å². The minimum atomic E-state index is -0.632. The van der Waals surface area contributed by atoms with Gasteiger partial charge in [-0.2, -0.15) is 5.01 Å². The highest BCUT2D eigenvalue weighted by Crippen LogP contribution is 2.26. The topological polar surface area (TPSA) is 58.6 Å². The number of nitrogens with one attached hydrogen (secondary N) is 1. The van der Waals surface area contributed by atoms with Crippen LogP contribution in [0.2, 0.25) is 0 Å². The molecular weight excluding hydrogens is 276 g/mol. The Hall–Kier alpha value is -2.08. The SMILES string of the molecule is CC(C)(C)OC(=O)N(NC=O)c1ccc2ccsc2c1. The maximum Gasteiger partial charge on any atom is 0.434 e. The Balaban J connectivity index is 2.31. The molecule has 1 heterocycles. The van der Waals surface area contributed by atoms with Crippen molar-refractivity contribution >= 4 is 39.6 Å². The third-order valence-electron chi connectivity index (χ3n) is 2.46. The van der Waals surface area contributed by atoms with Crippen molar-refractivity contribution in [3.63, 3.8) is 0 Å². The number of thiophene rings is 1. The lowest BCUT2D eigenvalue weighted by Gasteiger charge is -2.26. The van der Waals surface area contributed by atoms with Crippen molar-refractivity contribution < 1.29 is 14.3 Å². The summed E-state index contributed by atoms with van der Waals surface area (Å²) in [7, 11) is 0. The van der Waals surface area contributed by atoms with E-state index in [1.54, 1.807) is 38.2 Å². The average molecular weight is 292 g/mol. The van der Waals surface area contributed by atoms with E-state index in [0.717, 1.165) is 15.1 Å². The highest BCUT2D eigenvalue weighted by molar-refractivity contribution is 7.17. The molecule has 20 heavy (non-hydrogen) atoms. The maximum absolute atomic E-state index is 12.1. The predicted molar refractivity (Wildman–Crippen MR) is 79.7 cm³/mol. The van der Waals surface area contributed by atoms with Crippen molar-refractivity contribution in [3.05, 3.63) is 29.6 Å². The number of carbonyl (C=O) groups excluding carboxylic acids is 2. The molecule has 2 aromatic rings. The monoisotopic (exact) mass is 292 g/mol. The number of amides is 2. The Morgan fingerprint density at radius 2 is 2.10 bits per heavy atom. The van der Waals surface area contributed by atoms with Crippen LogP contribution in [-0.4, -0.2) is 18.1 Å². The summed E-state index contributed by atoms with van der Waals surface area (Å²) < 4.78 is 6.30. The molecule has 0 aliphatic carbocycles. The number of nitrogens with zero attached hydrogens (tertiary/aromatic N) is 1. The molecule has 5 nitrogen and oxygen atoms in total. The van der Waals surface area contributed by atoms with Crippen LogP contribution in [0.15, 0.2) is 29.6 Å². The minimum absolute atomic E-state index is 0.447. The Bertz CT molecular complexity index is 631. The average Bonchev–Trinajstić information content (AvgIpc) is 2.80. The Morgan fingerprint density at radius 1 is 1.35 bits per heavy atom. The van der Waals surface area contributed by atoms with E-state index in [2.05, 4.69) is 5.43 Å². The van der Waals surface area contributed by atoms with Crippen molar-refractivity contribution in [3.8, 4) is 0 Å². The smallest absolute Gasteiger partial charge is 0.434 e.